The molecule has 5 heteroatoms. The van der Waals surface area contributed by atoms with Crippen LogP contribution in [-0.4, -0.2) is 33.3 Å². The first-order valence-corrected chi connectivity index (χ1v) is 11.9. The van der Waals surface area contributed by atoms with Crippen LogP contribution in [-0.2, 0) is 16.7 Å². The Bertz CT molecular complexity index is 912. The molecule has 5 rings (SSSR count). The Morgan fingerprint density at radius 1 is 1.06 bits per heavy atom. The zero-order chi connectivity index (χ0) is 22.3. The summed E-state index contributed by atoms with van der Waals surface area (Å²) in [7, 11) is 0. The number of carbonyl (C=O) groups is 1. The molecule has 166 valence electrons. The summed E-state index contributed by atoms with van der Waals surface area (Å²) < 4.78 is 6.87. The number of nitrogens with zero attached hydrogens (tertiary/aromatic N) is 1. The van der Waals surface area contributed by atoms with Gasteiger partial charge in [-0.25, -0.2) is 4.79 Å². The molecule has 3 fully saturated rings. The van der Waals surface area contributed by atoms with Gasteiger partial charge in [0.1, 0.15) is 5.60 Å². The van der Waals surface area contributed by atoms with E-state index in [0.717, 1.165) is 35.7 Å². The molecule has 2 aromatic rings. The second-order valence-corrected chi connectivity index (χ2v) is 11.1. The Hall–Kier alpha value is -1.85. The third kappa shape index (κ3) is 4.40. The smallest absolute Gasteiger partial charge is 0.411 e. The predicted octanol–water partition coefficient (Wildman–Crippen LogP) is 6.20. The second kappa shape index (κ2) is 8.25. The summed E-state index contributed by atoms with van der Waals surface area (Å²) in [5.74, 6) is 0. The largest absolute Gasteiger partial charge is 0.444 e. The average Bonchev–Trinajstić information content (AvgIpc) is 2.73. The first-order valence-electron chi connectivity index (χ1n) is 11.1. The molecule has 1 amide bonds. The molecule has 3 aliphatic carbocycles. The van der Waals surface area contributed by atoms with Gasteiger partial charge < -0.3 is 9.84 Å². The standard InChI is InChI=1S/C26H32BrNO3/c1-24(2,3)31-23(30)28(18-19-7-5-4-6-8-19)26-15-13-25(14-16-26,17-22(26)29)20-9-11-21(27)12-10-20/h4-12,22,29H,13-18H2,1-3H3. The maximum atomic E-state index is 13.4. The first-order chi connectivity index (χ1) is 14.6. The third-order valence-electron chi connectivity index (χ3n) is 7.07. The van der Waals surface area contributed by atoms with Gasteiger partial charge in [-0.3, -0.25) is 4.90 Å². The molecule has 0 saturated heterocycles. The molecule has 2 aromatic carbocycles. The van der Waals surface area contributed by atoms with Crippen molar-refractivity contribution >= 4 is 22.0 Å². The lowest BCUT2D eigenvalue weighted by Gasteiger charge is -2.59. The van der Waals surface area contributed by atoms with Crippen molar-refractivity contribution in [3.05, 3.63) is 70.2 Å². The topological polar surface area (TPSA) is 49.8 Å². The van der Waals surface area contributed by atoms with Crippen LogP contribution in [0, 0.1) is 0 Å². The third-order valence-corrected chi connectivity index (χ3v) is 7.60. The zero-order valence-corrected chi connectivity index (χ0v) is 20.2. The molecule has 3 saturated carbocycles. The molecule has 4 nitrogen and oxygen atoms in total. The Morgan fingerprint density at radius 3 is 2.23 bits per heavy atom. The Balaban J connectivity index is 1.64. The number of aliphatic hydroxyl groups is 1. The number of hydrogen-bond donors (Lipinski definition) is 1. The van der Waals surface area contributed by atoms with Gasteiger partial charge in [-0.1, -0.05) is 58.4 Å². The minimum absolute atomic E-state index is 0.0196. The van der Waals surface area contributed by atoms with E-state index in [0.29, 0.717) is 13.0 Å². The fourth-order valence-electron chi connectivity index (χ4n) is 5.41. The fourth-order valence-corrected chi connectivity index (χ4v) is 5.67. The number of ether oxygens (including phenoxy) is 1. The molecule has 2 bridgehead atoms. The fraction of sp³-hybridized carbons (Fsp3) is 0.500. The zero-order valence-electron chi connectivity index (χ0n) is 18.6. The highest BCUT2D eigenvalue weighted by atomic mass is 79.9. The monoisotopic (exact) mass is 485 g/mol. The molecule has 31 heavy (non-hydrogen) atoms. The van der Waals surface area contributed by atoms with Crippen LogP contribution in [0.5, 0.6) is 0 Å². The van der Waals surface area contributed by atoms with Crippen LogP contribution >= 0.6 is 15.9 Å². The van der Waals surface area contributed by atoms with E-state index in [1.54, 1.807) is 0 Å². The number of fused-ring (bicyclic) bond motifs is 3. The van der Waals surface area contributed by atoms with E-state index in [1.165, 1.54) is 5.56 Å². The Morgan fingerprint density at radius 2 is 1.68 bits per heavy atom. The Labute approximate surface area is 193 Å². The maximum absolute atomic E-state index is 13.4. The number of hydrogen-bond acceptors (Lipinski definition) is 3. The summed E-state index contributed by atoms with van der Waals surface area (Å²) in [6.07, 6.45) is 3.21. The van der Waals surface area contributed by atoms with Crippen molar-refractivity contribution < 1.29 is 14.6 Å². The molecule has 0 heterocycles. The molecule has 0 aromatic heterocycles. The normalized spacial score (nSPS) is 27.7. The quantitative estimate of drug-likeness (QED) is 0.560. The van der Waals surface area contributed by atoms with Crippen molar-refractivity contribution in [2.24, 2.45) is 0 Å². The number of rotatable bonds is 4. The molecule has 1 atom stereocenters. The van der Waals surface area contributed by atoms with Gasteiger partial charge in [0.25, 0.3) is 0 Å². The van der Waals surface area contributed by atoms with Crippen LogP contribution in [0.4, 0.5) is 4.79 Å². The van der Waals surface area contributed by atoms with Crippen molar-refractivity contribution in [1.29, 1.82) is 0 Å². The van der Waals surface area contributed by atoms with Crippen molar-refractivity contribution in [3.8, 4) is 0 Å². The number of aliphatic hydroxyl groups excluding tert-OH is 1. The summed E-state index contributed by atoms with van der Waals surface area (Å²) in [5, 5.41) is 11.5. The molecule has 1 unspecified atom stereocenters. The summed E-state index contributed by atoms with van der Waals surface area (Å²) >= 11 is 3.52. The van der Waals surface area contributed by atoms with Gasteiger partial charge in [-0.2, -0.15) is 0 Å². The molecule has 0 aliphatic heterocycles. The SMILES string of the molecule is CC(C)(C)OC(=O)N(Cc1ccccc1)C12CCC(c3ccc(Br)cc3)(CC1)CC2O. The number of halogens is 1. The van der Waals surface area contributed by atoms with E-state index >= 15 is 0 Å². The second-order valence-electron chi connectivity index (χ2n) is 10.2. The first kappa shape index (κ1) is 22.3. The van der Waals surface area contributed by atoms with Crippen molar-refractivity contribution in [2.45, 2.75) is 82.1 Å². The van der Waals surface area contributed by atoms with Gasteiger partial charge >= 0.3 is 6.09 Å². The molecule has 3 aliphatic rings. The maximum Gasteiger partial charge on any atom is 0.411 e. The molecule has 0 spiro atoms. The van der Waals surface area contributed by atoms with Gasteiger partial charge in [0.2, 0.25) is 0 Å². The summed E-state index contributed by atoms with van der Waals surface area (Å²) in [5.41, 5.74) is 1.14. The van der Waals surface area contributed by atoms with E-state index in [2.05, 4.69) is 40.2 Å². The minimum Gasteiger partial charge on any atom is -0.444 e. The Kier molecular flexibility index (Phi) is 5.95. The lowest BCUT2D eigenvalue weighted by molar-refractivity contribution is -0.120. The van der Waals surface area contributed by atoms with Gasteiger partial charge in [0, 0.05) is 11.0 Å². The van der Waals surface area contributed by atoms with E-state index in [-0.39, 0.29) is 11.5 Å². The van der Waals surface area contributed by atoms with Crippen LogP contribution in [0.2, 0.25) is 0 Å². The number of carbonyl (C=O) groups excluding carboxylic acids is 1. The van der Waals surface area contributed by atoms with E-state index in [4.69, 9.17) is 4.74 Å². The molecule has 1 N–H and O–H groups in total. The highest BCUT2D eigenvalue weighted by molar-refractivity contribution is 9.10. The van der Waals surface area contributed by atoms with Gasteiger partial charge in [0.05, 0.1) is 11.6 Å². The van der Waals surface area contributed by atoms with Crippen LogP contribution < -0.4 is 0 Å². The predicted molar refractivity (Wildman–Crippen MR) is 126 cm³/mol. The molecular formula is C26H32BrNO3. The molecule has 0 radical (unpaired) electrons. The minimum atomic E-state index is -0.588. The van der Waals surface area contributed by atoms with E-state index in [9.17, 15) is 9.90 Å². The van der Waals surface area contributed by atoms with Crippen LogP contribution in [0.25, 0.3) is 0 Å². The summed E-state index contributed by atoms with van der Waals surface area (Å²) in [4.78, 5) is 15.2. The summed E-state index contributed by atoms with van der Waals surface area (Å²) in [6, 6.07) is 18.5. The lowest BCUT2D eigenvalue weighted by Crippen LogP contribution is -2.66. The van der Waals surface area contributed by atoms with Crippen LogP contribution in [0.3, 0.4) is 0 Å². The van der Waals surface area contributed by atoms with Crippen molar-refractivity contribution in [2.75, 3.05) is 0 Å². The van der Waals surface area contributed by atoms with Crippen LogP contribution in [0.1, 0.15) is 64.0 Å². The average molecular weight is 486 g/mol. The van der Waals surface area contributed by atoms with E-state index < -0.39 is 17.2 Å². The number of amides is 1. The van der Waals surface area contributed by atoms with Gasteiger partial charge in [-0.15, -0.1) is 0 Å². The van der Waals surface area contributed by atoms with Crippen molar-refractivity contribution in [1.82, 2.24) is 4.90 Å². The van der Waals surface area contributed by atoms with Gasteiger partial charge in [-0.05, 0) is 81.5 Å². The highest BCUT2D eigenvalue weighted by Crippen LogP contribution is 2.56. The highest BCUT2D eigenvalue weighted by Gasteiger charge is 2.58. The number of benzene rings is 2. The molecular weight excluding hydrogens is 454 g/mol. The van der Waals surface area contributed by atoms with Gasteiger partial charge in [0.15, 0.2) is 0 Å². The lowest BCUT2D eigenvalue weighted by atomic mass is 9.53. The summed E-state index contributed by atoms with van der Waals surface area (Å²) in [6.45, 7) is 6.11. The van der Waals surface area contributed by atoms with Crippen molar-refractivity contribution in [3.63, 3.8) is 0 Å². The van der Waals surface area contributed by atoms with E-state index in [1.807, 2.05) is 56.0 Å². The van der Waals surface area contributed by atoms with Crippen LogP contribution in [0.15, 0.2) is 59.1 Å².